The molecule has 2 saturated carbocycles. The van der Waals surface area contributed by atoms with Crippen molar-refractivity contribution in [3.05, 3.63) is 0 Å². The lowest BCUT2D eigenvalue weighted by molar-refractivity contribution is -0.120. The fraction of sp³-hybridized carbons (Fsp3) is 0.909. The van der Waals surface area contributed by atoms with Crippen LogP contribution in [0.3, 0.4) is 0 Å². The molecule has 0 heterocycles. The molecular formula is C11H19NO2S. The van der Waals surface area contributed by atoms with Crippen molar-refractivity contribution in [1.29, 1.82) is 0 Å². The van der Waals surface area contributed by atoms with Gasteiger partial charge in [-0.3, -0.25) is 4.79 Å². The van der Waals surface area contributed by atoms with E-state index in [2.05, 4.69) is 11.6 Å². The molecule has 15 heavy (non-hydrogen) atoms. The molecular weight excluding hydrogens is 210 g/mol. The van der Waals surface area contributed by atoms with Crippen molar-refractivity contribution < 1.29 is 9.90 Å². The summed E-state index contributed by atoms with van der Waals surface area (Å²) >= 11 is 1.77. The van der Waals surface area contributed by atoms with Gasteiger partial charge in [0.15, 0.2) is 0 Å². The van der Waals surface area contributed by atoms with Crippen LogP contribution >= 0.6 is 11.8 Å². The van der Waals surface area contributed by atoms with Crippen LogP contribution in [0.5, 0.6) is 0 Å². The monoisotopic (exact) mass is 229 g/mol. The minimum absolute atomic E-state index is 0.0249. The summed E-state index contributed by atoms with van der Waals surface area (Å²) in [6, 6.07) is 0.199. The van der Waals surface area contributed by atoms with E-state index in [4.69, 9.17) is 0 Å². The van der Waals surface area contributed by atoms with Crippen LogP contribution in [0.4, 0.5) is 0 Å². The van der Waals surface area contributed by atoms with E-state index in [1.807, 2.05) is 0 Å². The van der Waals surface area contributed by atoms with Gasteiger partial charge in [-0.05, 0) is 31.9 Å². The average Bonchev–Trinajstić information content (AvgIpc) is 2.63. The molecule has 4 atom stereocenters. The maximum Gasteiger partial charge on any atom is 0.217 e. The third-order valence-electron chi connectivity index (χ3n) is 3.95. The first-order valence-corrected chi connectivity index (χ1v) is 6.89. The summed E-state index contributed by atoms with van der Waals surface area (Å²) in [7, 11) is 0. The van der Waals surface area contributed by atoms with Gasteiger partial charge < -0.3 is 10.4 Å². The predicted octanol–water partition coefficient (Wildman–Crippen LogP) is 1.16. The van der Waals surface area contributed by atoms with E-state index < -0.39 is 5.60 Å². The van der Waals surface area contributed by atoms with Crippen molar-refractivity contribution in [2.24, 2.45) is 5.92 Å². The minimum atomic E-state index is -0.521. The van der Waals surface area contributed by atoms with E-state index >= 15 is 0 Å². The molecule has 0 aliphatic heterocycles. The van der Waals surface area contributed by atoms with Gasteiger partial charge in [0.2, 0.25) is 5.91 Å². The molecule has 86 valence electrons. The van der Waals surface area contributed by atoms with Gasteiger partial charge in [0.05, 0.1) is 5.60 Å². The predicted molar refractivity (Wildman–Crippen MR) is 61.8 cm³/mol. The van der Waals surface area contributed by atoms with Gasteiger partial charge in [0.1, 0.15) is 0 Å². The molecule has 4 unspecified atom stereocenters. The lowest BCUT2D eigenvalue weighted by Crippen LogP contribution is -2.44. The molecule has 0 aromatic heterocycles. The van der Waals surface area contributed by atoms with Gasteiger partial charge in [-0.2, -0.15) is 11.8 Å². The standard InChI is InChI=1S/C11H19NO2S/c1-7(13)12-9-5-6-11(14)8(9)3-4-10(11)15-2/h8-10,14H,3-6H2,1-2H3,(H,12,13). The number of thioether (sulfide) groups is 1. The van der Waals surface area contributed by atoms with Gasteiger partial charge in [0.25, 0.3) is 0 Å². The second-order valence-corrected chi connectivity index (χ2v) is 5.79. The summed E-state index contributed by atoms with van der Waals surface area (Å²) < 4.78 is 0. The second-order valence-electron chi connectivity index (χ2n) is 4.75. The van der Waals surface area contributed by atoms with Crippen LogP contribution in [0.25, 0.3) is 0 Å². The van der Waals surface area contributed by atoms with Crippen LogP contribution in [0.2, 0.25) is 0 Å². The van der Waals surface area contributed by atoms with E-state index in [0.29, 0.717) is 5.25 Å². The molecule has 0 aromatic rings. The maximum atomic E-state index is 11.0. The van der Waals surface area contributed by atoms with Crippen LogP contribution < -0.4 is 5.32 Å². The topological polar surface area (TPSA) is 49.3 Å². The minimum Gasteiger partial charge on any atom is -0.388 e. The Morgan fingerprint density at radius 2 is 2.20 bits per heavy atom. The fourth-order valence-electron chi connectivity index (χ4n) is 3.31. The molecule has 0 saturated heterocycles. The highest BCUT2D eigenvalue weighted by molar-refractivity contribution is 7.99. The Bertz CT molecular complexity index is 271. The molecule has 3 nitrogen and oxygen atoms in total. The summed E-state index contributed by atoms with van der Waals surface area (Å²) in [5, 5.41) is 13.9. The number of aliphatic hydroxyl groups is 1. The van der Waals surface area contributed by atoms with Crippen molar-refractivity contribution in [3.63, 3.8) is 0 Å². The Hall–Kier alpha value is -0.220. The van der Waals surface area contributed by atoms with Gasteiger partial charge >= 0.3 is 0 Å². The molecule has 0 bridgehead atoms. The number of rotatable bonds is 2. The fourth-order valence-corrected chi connectivity index (χ4v) is 4.38. The zero-order valence-corrected chi connectivity index (χ0v) is 10.1. The van der Waals surface area contributed by atoms with Crippen molar-refractivity contribution in [3.8, 4) is 0 Å². The van der Waals surface area contributed by atoms with Crippen molar-refractivity contribution in [2.75, 3.05) is 6.26 Å². The van der Waals surface area contributed by atoms with E-state index in [0.717, 1.165) is 25.7 Å². The molecule has 2 N–H and O–H groups in total. The Morgan fingerprint density at radius 1 is 1.47 bits per heavy atom. The number of carbonyl (C=O) groups is 1. The van der Waals surface area contributed by atoms with Crippen LogP contribution in [-0.4, -0.2) is 34.2 Å². The Labute approximate surface area is 95.0 Å². The number of hydrogen-bond donors (Lipinski definition) is 2. The lowest BCUT2D eigenvalue weighted by Gasteiger charge is -2.30. The molecule has 2 fully saturated rings. The molecule has 1 amide bonds. The van der Waals surface area contributed by atoms with Crippen LogP contribution in [0.1, 0.15) is 32.6 Å². The summed E-state index contributed by atoms with van der Waals surface area (Å²) in [4.78, 5) is 11.0. The first kappa shape index (κ1) is 11.3. The molecule has 0 spiro atoms. The molecule has 0 aromatic carbocycles. The highest BCUT2D eigenvalue weighted by atomic mass is 32.2. The molecule has 0 radical (unpaired) electrons. The number of amides is 1. The summed E-state index contributed by atoms with van der Waals surface area (Å²) in [6.45, 7) is 1.55. The smallest absolute Gasteiger partial charge is 0.217 e. The number of carbonyl (C=O) groups excluding carboxylic acids is 1. The van der Waals surface area contributed by atoms with Gasteiger partial charge in [-0.25, -0.2) is 0 Å². The number of hydrogen-bond acceptors (Lipinski definition) is 3. The Balaban J connectivity index is 2.09. The quantitative estimate of drug-likeness (QED) is 0.747. The van der Waals surface area contributed by atoms with Gasteiger partial charge in [-0.15, -0.1) is 0 Å². The zero-order valence-electron chi connectivity index (χ0n) is 9.32. The summed E-state index contributed by atoms with van der Waals surface area (Å²) in [5.74, 6) is 0.302. The van der Waals surface area contributed by atoms with Crippen LogP contribution in [0.15, 0.2) is 0 Å². The van der Waals surface area contributed by atoms with E-state index in [1.54, 1.807) is 18.7 Å². The normalized spacial score (nSPS) is 44.1. The zero-order chi connectivity index (χ0) is 11.1. The van der Waals surface area contributed by atoms with E-state index in [9.17, 15) is 9.90 Å². The van der Waals surface area contributed by atoms with E-state index in [-0.39, 0.29) is 17.9 Å². The number of nitrogens with one attached hydrogen (secondary N) is 1. The highest BCUT2D eigenvalue weighted by Gasteiger charge is 2.55. The Morgan fingerprint density at radius 3 is 2.80 bits per heavy atom. The molecule has 2 aliphatic rings. The van der Waals surface area contributed by atoms with Crippen LogP contribution in [0, 0.1) is 5.92 Å². The van der Waals surface area contributed by atoms with Gasteiger partial charge in [0, 0.05) is 24.1 Å². The molecule has 4 heteroatoms. The van der Waals surface area contributed by atoms with Crippen molar-refractivity contribution >= 4 is 17.7 Å². The highest BCUT2D eigenvalue weighted by Crippen LogP contribution is 2.51. The molecule has 2 aliphatic carbocycles. The summed E-state index contributed by atoms with van der Waals surface area (Å²) in [5.41, 5.74) is -0.521. The second kappa shape index (κ2) is 3.98. The average molecular weight is 229 g/mol. The largest absolute Gasteiger partial charge is 0.388 e. The third-order valence-corrected chi connectivity index (χ3v) is 5.17. The van der Waals surface area contributed by atoms with Crippen molar-refractivity contribution in [1.82, 2.24) is 5.32 Å². The first-order valence-electron chi connectivity index (χ1n) is 5.60. The third kappa shape index (κ3) is 1.78. The Kier molecular flexibility index (Phi) is 2.99. The van der Waals surface area contributed by atoms with Crippen molar-refractivity contribution in [2.45, 2.75) is 49.5 Å². The maximum absolute atomic E-state index is 11.0. The molecule has 2 rings (SSSR count). The first-order chi connectivity index (χ1) is 7.08. The number of fused-ring (bicyclic) bond motifs is 1. The lowest BCUT2D eigenvalue weighted by atomic mass is 9.92. The van der Waals surface area contributed by atoms with Gasteiger partial charge in [-0.1, -0.05) is 0 Å². The SMILES string of the molecule is CSC1CCC2C(NC(C)=O)CCC12O. The van der Waals surface area contributed by atoms with E-state index in [1.165, 1.54) is 0 Å². The summed E-state index contributed by atoms with van der Waals surface area (Å²) in [6.07, 6.45) is 5.97. The van der Waals surface area contributed by atoms with Crippen LogP contribution in [-0.2, 0) is 4.79 Å².